The Morgan fingerprint density at radius 3 is 2.27 bits per heavy atom. The van der Waals surface area contributed by atoms with Crippen LogP contribution in [0.5, 0.6) is 0 Å². The molecule has 2 atom stereocenters. The fourth-order valence-electron chi connectivity index (χ4n) is 2.38. The van der Waals surface area contributed by atoms with Crippen molar-refractivity contribution in [2.75, 3.05) is 13.2 Å². The molecule has 1 amide bonds. The Bertz CT molecular complexity index is 386. The van der Waals surface area contributed by atoms with E-state index in [1.807, 2.05) is 41.5 Å². The predicted octanol–water partition coefficient (Wildman–Crippen LogP) is 3.31. The molecule has 5 heteroatoms. The first-order chi connectivity index (χ1) is 10.0. The van der Waals surface area contributed by atoms with E-state index in [-0.39, 0.29) is 23.9 Å². The predicted molar refractivity (Wildman–Crippen MR) is 85.8 cm³/mol. The van der Waals surface area contributed by atoms with Gasteiger partial charge in [0.25, 0.3) is 0 Å². The van der Waals surface area contributed by atoms with E-state index in [0.29, 0.717) is 0 Å². The lowest BCUT2D eigenvalue weighted by Crippen LogP contribution is -2.53. The molecular weight excluding hydrogens is 282 g/mol. The smallest absolute Gasteiger partial charge is 0.407 e. The molecule has 1 heterocycles. The first-order valence-electron chi connectivity index (χ1n) is 8.11. The molecule has 0 radical (unpaired) electrons. The van der Waals surface area contributed by atoms with Gasteiger partial charge < -0.3 is 14.8 Å². The van der Waals surface area contributed by atoms with Crippen LogP contribution in [-0.4, -0.2) is 37.2 Å². The number of ketones is 1. The molecule has 1 N–H and O–H groups in total. The summed E-state index contributed by atoms with van der Waals surface area (Å²) in [6.07, 6.45) is 2.51. The van der Waals surface area contributed by atoms with Crippen molar-refractivity contribution in [2.24, 2.45) is 10.8 Å². The minimum atomic E-state index is -0.577. The number of rotatable bonds is 4. The van der Waals surface area contributed by atoms with E-state index >= 15 is 0 Å². The summed E-state index contributed by atoms with van der Waals surface area (Å²) in [6, 6.07) is -0.577. The van der Waals surface area contributed by atoms with Gasteiger partial charge in [-0.1, -0.05) is 41.5 Å². The van der Waals surface area contributed by atoms with Crippen molar-refractivity contribution in [2.45, 2.75) is 73.0 Å². The van der Waals surface area contributed by atoms with E-state index in [9.17, 15) is 9.59 Å². The molecule has 128 valence electrons. The van der Waals surface area contributed by atoms with Gasteiger partial charge in [0.2, 0.25) is 0 Å². The normalized spacial score (nSPS) is 21.1. The SMILES string of the molecule is CC(C)(C)C(=O)C(NC(=O)OCC1CCCCO1)C(C)(C)C. The van der Waals surface area contributed by atoms with Crippen LogP contribution < -0.4 is 5.32 Å². The van der Waals surface area contributed by atoms with Crippen LogP contribution in [0.25, 0.3) is 0 Å². The van der Waals surface area contributed by atoms with Gasteiger partial charge in [0.05, 0.1) is 12.1 Å². The minimum Gasteiger partial charge on any atom is -0.447 e. The summed E-state index contributed by atoms with van der Waals surface area (Å²) in [5, 5.41) is 2.74. The van der Waals surface area contributed by atoms with E-state index in [1.165, 1.54) is 0 Å². The third kappa shape index (κ3) is 5.95. The number of Topliss-reactive ketones (excluding diaryl/α,β-unsaturated/α-hetero) is 1. The van der Waals surface area contributed by atoms with Gasteiger partial charge in [-0.25, -0.2) is 4.79 Å². The lowest BCUT2D eigenvalue weighted by atomic mass is 9.76. The average Bonchev–Trinajstić information content (AvgIpc) is 2.40. The number of hydrogen-bond donors (Lipinski definition) is 1. The van der Waals surface area contributed by atoms with Crippen LogP contribution in [0.15, 0.2) is 0 Å². The second-order valence-corrected chi connectivity index (χ2v) is 8.14. The molecule has 0 saturated carbocycles. The van der Waals surface area contributed by atoms with Crippen molar-refractivity contribution in [3.05, 3.63) is 0 Å². The fourth-order valence-corrected chi connectivity index (χ4v) is 2.38. The topological polar surface area (TPSA) is 64.6 Å². The van der Waals surface area contributed by atoms with E-state index in [2.05, 4.69) is 5.32 Å². The van der Waals surface area contributed by atoms with Gasteiger partial charge in [0.1, 0.15) is 6.61 Å². The van der Waals surface area contributed by atoms with Crippen LogP contribution in [0.1, 0.15) is 60.8 Å². The maximum Gasteiger partial charge on any atom is 0.407 e. The van der Waals surface area contributed by atoms with Crippen molar-refractivity contribution in [3.63, 3.8) is 0 Å². The molecule has 0 aliphatic carbocycles. The van der Waals surface area contributed by atoms with Crippen LogP contribution in [0.3, 0.4) is 0 Å². The van der Waals surface area contributed by atoms with E-state index in [4.69, 9.17) is 9.47 Å². The second-order valence-electron chi connectivity index (χ2n) is 8.14. The Morgan fingerprint density at radius 1 is 1.18 bits per heavy atom. The first-order valence-corrected chi connectivity index (χ1v) is 8.11. The van der Waals surface area contributed by atoms with Gasteiger partial charge in [-0.15, -0.1) is 0 Å². The summed E-state index contributed by atoms with van der Waals surface area (Å²) in [7, 11) is 0. The quantitative estimate of drug-likeness (QED) is 0.865. The molecule has 0 bridgehead atoms. The number of ether oxygens (including phenoxy) is 2. The second kappa shape index (κ2) is 7.44. The first kappa shape index (κ1) is 18.9. The number of carbonyl (C=O) groups excluding carboxylic acids is 2. The summed E-state index contributed by atoms with van der Waals surface area (Å²) in [5.41, 5.74) is -0.886. The van der Waals surface area contributed by atoms with Crippen LogP contribution in [0, 0.1) is 10.8 Å². The Balaban J connectivity index is 2.58. The van der Waals surface area contributed by atoms with Crippen molar-refractivity contribution < 1.29 is 19.1 Å². The summed E-state index contributed by atoms with van der Waals surface area (Å²) in [4.78, 5) is 24.6. The molecule has 1 saturated heterocycles. The number of amides is 1. The van der Waals surface area contributed by atoms with Crippen LogP contribution >= 0.6 is 0 Å². The van der Waals surface area contributed by atoms with Gasteiger partial charge in [0, 0.05) is 12.0 Å². The largest absolute Gasteiger partial charge is 0.447 e. The molecule has 1 aliphatic rings. The average molecular weight is 313 g/mol. The Morgan fingerprint density at radius 2 is 1.82 bits per heavy atom. The van der Waals surface area contributed by atoms with Crippen molar-refractivity contribution in [1.82, 2.24) is 5.32 Å². The molecule has 0 aromatic carbocycles. The zero-order valence-electron chi connectivity index (χ0n) is 14.8. The molecular formula is C17H31NO4. The van der Waals surface area contributed by atoms with Gasteiger partial charge in [-0.2, -0.15) is 0 Å². The molecule has 0 aromatic rings. The molecule has 2 unspecified atom stereocenters. The van der Waals surface area contributed by atoms with Crippen molar-refractivity contribution in [1.29, 1.82) is 0 Å². The maximum atomic E-state index is 12.6. The van der Waals surface area contributed by atoms with Crippen LogP contribution in [-0.2, 0) is 14.3 Å². The molecule has 0 aromatic heterocycles. The summed E-state index contributed by atoms with van der Waals surface area (Å²) >= 11 is 0. The third-order valence-corrected chi connectivity index (χ3v) is 3.80. The summed E-state index contributed by atoms with van der Waals surface area (Å²) in [6.45, 7) is 12.4. The Hall–Kier alpha value is -1.10. The highest BCUT2D eigenvalue weighted by atomic mass is 16.6. The number of hydrogen-bond acceptors (Lipinski definition) is 4. The molecule has 1 aliphatic heterocycles. The zero-order chi connectivity index (χ0) is 17.0. The standard InChI is InChI=1S/C17H31NO4/c1-16(2,3)13(14(19)17(4,5)6)18-15(20)22-11-12-9-7-8-10-21-12/h12-13H,7-11H2,1-6H3,(H,18,20). The number of carbonyl (C=O) groups is 2. The van der Waals surface area contributed by atoms with Gasteiger partial charge in [0.15, 0.2) is 5.78 Å². The molecule has 1 fully saturated rings. The van der Waals surface area contributed by atoms with E-state index in [1.54, 1.807) is 0 Å². The van der Waals surface area contributed by atoms with Gasteiger partial charge in [-0.05, 0) is 24.7 Å². The number of nitrogens with one attached hydrogen (secondary N) is 1. The number of alkyl carbamates (subject to hydrolysis) is 1. The highest BCUT2D eigenvalue weighted by molar-refractivity contribution is 5.91. The van der Waals surface area contributed by atoms with Crippen LogP contribution in [0.2, 0.25) is 0 Å². The fraction of sp³-hybridized carbons (Fsp3) is 0.882. The maximum absolute atomic E-state index is 12.6. The monoisotopic (exact) mass is 313 g/mol. The Labute approximate surface area is 134 Å². The van der Waals surface area contributed by atoms with E-state index < -0.39 is 17.6 Å². The molecule has 5 nitrogen and oxygen atoms in total. The van der Waals surface area contributed by atoms with Gasteiger partial charge >= 0.3 is 6.09 Å². The van der Waals surface area contributed by atoms with Crippen LogP contribution in [0.4, 0.5) is 4.79 Å². The van der Waals surface area contributed by atoms with Gasteiger partial charge in [-0.3, -0.25) is 4.79 Å². The third-order valence-electron chi connectivity index (χ3n) is 3.80. The highest BCUT2D eigenvalue weighted by Crippen LogP contribution is 2.27. The molecule has 22 heavy (non-hydrogen) atoms. The lowest BCUT2D eigenvalue weighted by Gasteiger charge is -2.34. The minimum absolute atomic E-state index is 0.00543. The summed E-state index contributed by atoms with van der Waals surface area (Å²) in [5.74, 6) is 0.00543. The summed E-state index contributed by atoms with van der Waals surface area (Å²) < 4.78 is 10.8. The molecule has 1 rings (SSSR count). The molecule has 0 spiro atoms. The van der Waals surface area contributed by atoms with E-state index in [0.717, 1.165) is 25.9 Å². The Kier molecular flexibility index (Phi) is 6.41. The highest BCUT2D eigenvalue weighted by Gasteiger charge is 2.38. The lowest BCUT2D eigenvalue weighted by molar-refractivity contribution is -0.130. The van der Waals surface area contributed by atoms with Crippen molar-refractivity contribution >= 4 is 11.9 Å². The zero-order valence-corrected chi connectivity index (χ0v) is 14.8. The van der Waals surface area contributed by atoms with Crippen molar-refractivity contribution in [3.8, 4) is 0 Å².